The van der Waals surface area contributed by atoms with Crippen LogP contribution in [0.3, 0.4) is 0 Å². The topological polar surface area (TPSA) is 114 Å². The minimum absolute atomic E-state index is 0.0358. The predicted octanol–water partition coefficient (Wildman–Crippen LogP) is 3.93. The Kier molecular flexibility index (Phi) is 8.92. The molecule has 1 aromatic carbocycles. The van der Waals surface area contributed by atoms with Crippen molar-refractivity contribution in [1.82, 2.24) is 20.7 Å². The maximum absolute atomic E-state index is 13.8. The van der Waals surface area contributed by atoms with E-state index in [-0.39, 0.29) is 35.6 Å². The number of carbonyl (C=O) groups excluding carboxylic acids is 3. The number of nitrogens with one attached hydrogen (secondary N) is 2. The number of hydrogen-bond donors (Lipinski definition) is 2. The van der Waals surface area contributed by atoms with E-state index in [9.17, 15) is 14.4 Å². The van der Waals surface area contributed by atoms with Gasteiger partial charge in [-0.2, -0.15) is 0 Å². The first-order chi connectivity index (χ1) is 19.8. The molecule has 41 heavy (non-hydrogen) atoms. The first-order valence-electron chi connectivity index (χ1n) is 14.9. The van der Waals surface area contributed by atoms with Gasteiger partial charge in [-0.25, -0.2) is 0 Å². The second-order valence-electron chi connectivity index (χ2n) is 12.1. The highest BCUT2D eigenvalue weighted by Crippen LogP contribution is 2.36. The van der Waals surface area contributed by atoms with Gasteiger partial charge in [0.05, 0.1) is 11.1 Å². The maximum Gasteiger partial charge on any atom is 0.259 e. The molecule has 2 N–H and O–H groups in total. The molecule has 2 aromatic rings. The van der Waals surface area contributed by atoms with Gasteiger partial charge in [0, 0.05) is 44.7 Å². The average Bonchev–Trinajstić information content (AvgIpc) is 3.37. The second kappa shape index (κ2) is 12.6. The lowest BCUT2D eigenvalue weighted by Crippen LogP contribution is -2.58. The molecular formula is C32H42N4O5. The molecule has 0 saturated carbocycles. The monoisotopic (exact) mass is 562 g/mol. The lowest BCUT2D eigenvalue weighted by molar-refractivity contribution is -0.140. The lowest BCUT2D eigenvalue weighted by Gasteiger charge is -2.40. The third kappa shape index (κ3) is 6.40. The van der Waals surface area contributed by atoms with Crippen LogP contribution in [0, 0.1) is 18.3 Å². The molecular weight excluding hydrogens is 520 g/mol. The summed E-state index contributed by atoms with van der Waals surface area (Å²) < 4.78 is 11.0. The molecule has 0 radical (unpaired) electrons. The SMILES string of the molecule is Cc1onc(C(C)C)c1C(=O)N1CC[C@@H]2NC(=O)[C@@H](Cc3ccccc3)NC(=O)C3(C/C=C/C[C@@H]2C1)CCOCC3. The molecule has 3 amide bonds. The molecule has 0 bridgehead atoms. The number of piperidine rings is 1. The molecule has 4 heterocycles. The Morgan fingerprint density at radius 1 is 1.12 bits per heavy atom. The second-order valence-corrected chi connectivity index (χ2v) is 12.1. The summed E-state index contributed by atoms with van der Waals surface area (Å²) in [5.74, 6) is 0.317. The lowest BCUT2D eigenvalue weighted by atomic mass is 9.75. The van der Waals surface area contributed by atoms with Crippen molar-refractivity contribution in [3.63, 3.8) is 0 Å². The molecule has 9 heteroatoms. The van der Waals surface area contributed by atoms with E-state index >= 15 is 0 Å². The number of allylic oxidation sites excluding steroid dienone is 2. The van der Waals surface area contributed by atoms with Crippen molar-refractivity contribution in [3.05, 3.63) is 65.1 Å². The fraction of sp³-hybridized carbons (Fsp3) is 0.562. The van der Waals surface area contributed by atoms with Crippen LogP contribution in [0.15, 0.2) is 47.0 Å². The van der Waals surface area contributed by atoms with Gasteiger partial charge in [0.15, 0.2) is 0 Å². The van der Waals surface area contributed by atoms with Crippen molar-refractivity contribution in [1.29, 1.82) is 0 Å². The van der Waals surface area contributed by atoms with E-state index in [4.69, 9.17) is 9.26 Å². The Morgan fingerprint density at radius 3 is 2.61 bits per heavy atom. The summed E-state index contributed by atoms with van der Waals surface area (Å²) in [6.07, 6.45) is 7.81. The molecule has 3 atom stereocenters. The number of ether oxygens (including phenoxy) is 1. The van der Waals surface area contributed by atoms with Gasteiger partial charge in [-0.1, -0.05) is 61.5 Å². The third-order valence-corrected chi connectivity index (χ3v) is 8.95. The van der Waals surface area contributed by atoms with Crippen molar-refractivity contribution < 1.29 is 23.6 Å². The van der Waals surface area contributed by atoms with E-state index in [1.807, 2.05) is 49.1 Å². The van der Waals surface area contributed by atoms with Crippen LogP contribution in [-0.4, -0.2) is 66.2 Å². The molecule has 1 spiro atoms. The highest BCUT2D eigenvalue weighted by atomic mass is 16.5. The van der Waals surface area contributed by atoms with Gasteiger partial charge < -0.3 is 24.8 Å². The summed E-state index contributed by atoms with van der Waals surface area (Å²) in [5.41, 5.74) is 1.62. The number of hydrogen-bond acceptors (Lipinski definition) is 6. The van der Waals surface area contributed by atoms with E-state index < -0.39 is 11.5 Å². The molecule has 1 aromatic heterocycles. The normalized spacial score (nSPS) is 26.0. The standard InChI is InChI=1S/C32H42N4O5/c1-21(2)28-27(22(3)41-35-28)30(38)36-16-12-25-24(20-36)11-7-8-13-32(14-17-40-18-15-32)31(39)34-26(29(37)33-25)19-23-9-5-4-6-10-23/h4-10,21,24-26H,11-20H2,1-3H3,(H,33,37)(H,34,39)/b8-7+/t24-,25+,26-/m1/s1. The van der Waals surface area contributed by atoms with Crippen molar-refractivity contribution >= 4 is 17.7 Å². The summed E-state index contributed by atoms with van der Waals surface area (Å²) in [4.78, 5) is 43.1. The average molecular weight is 563 g/mol. The molecule has 3 aliphatic rings. The largest absolute Gasteiger partial charge is 0.381 e. The number of fused-ring (bicyclic) bond motifs is 1. The molecule has 2 saturated heterocycles. The van der Waals surface area contributed by atoms with Gasteiger partial charge in [0.25, 0.3) is 5.91 Å². The van der Waals surface area contributed by atoms with Crippen LogP contribution in [0.4, 0.5) is 0 Å². The van der Waals surface area contributed by atoms with Gasteiger partial charge in [0.2, 0.25) is 11.8 Å². The summed E-state index contributed by atoms with van der Waals surface area (Å²) in [5, 5.41) is 10.6. The molecule has 220 valence electrons. The minimum Gasteiger partial charge on any atom is -0.381 e. The summed E-state index contributed by atoms with van der Waals surface area (Å²) in [7, 11) is 0. The van der Waals surface area contributed by atoms with E-state index in [1.54, 1.807) is 6.92 Å². The molecule has 0 aliphatic carbocycles. The first-order valence-corrected chi connectivity index (χ1v) is 14.9. The molecule has 3 aliphatic heterocycles. The number of likely N-dealkylation sites (tertiary alicyclic amines) is 1. The summed E-state index contributed by atoms with van der Waals surface area (Å²) in [6, 6.07) is 8.98. The zero-order valence-electron chi connectivity index (χ0n) is 24.4. The Labute approximate surface area is 242 Å². The van der Waals surface area contributed by atoms with Crippen LogP contribution in [0.5, 0.6) is 0 Å². The molecule has 2 fully saturated rings. The fourth-order valence-electron chi connectivity index (χ4n) is 6.37. The fourth-order valence-corrected chi connectivity index (χ4v) is 6.37. The van der Waals surface area contributed by atoms with Crippen LogP contribution in [0.2, 0.25) is 0 Å². The van der Waals surface area contributed by atoms with Crippen molar-refractivity contribution in [2.24, 2.45) is 11.3 Å². The maximum atomic E-state index is 13.8. The number of aromatic nitrogens is 1. The van der Waals surface area contributed by atoms with Gasteiger partial charge in [-0.3, -0.25) is 14.4 Å². The Hall–Kier alpha value is -3.46. The van der Waals surface area contributed by atoms with Crippen LogP contribution in [-0.2, 0) is 20.7 Å². The summed E-state index contributed by atoms with van der Waals surface area (Å²) in [6.45, 7) is 7.88. The van der Waals surface area contributed by atoms with Crippen LogP contribution in [0.1, 0.15) is 79.2 Å². The number of nitrogens with zero attached hydrogens (tertiary/aromatic N) is 2. The zero-order chi connectivity index (χ0) is 29.0. The van der Waals surface area contributed by atoms with Crippen molar-refractivity contribution in [3.8, 4) is 0 Å². The molecule has 5 rings (SSSR count). The Balaban J connectivity index is 1.40. The van der Waals surface area contributed by atoms with E-state index in [0.29, 0.717) is 81.8 Å². The third-order valence-electron chi connectivity index (χ3n) is 8.95. The van der Waals surface area contributed by atoms with Crippen LogP contribution < -0.4 is 10.6 Å². The summed E-state index contributed by atoms with van der Waals surface area (Å²) >= 11 is 0. The Morgan fingerprint density at radius 2 is 1.88 bits per heavy atom. The van der Waals surface area contributed by atoms with E-state index in [1.165, 1.54) is 0 Å². The van der Waals surface area contributed by atoms with E-state index in [0.717, 1.165) is 5.56 Å². The minimum atomic E-state index is -0.693. The zero-order valence-corrected chi connectivity index (χ0v) is 24.4. The number of benzene rings is 1. The predicted molar refractivity (Wildman–Crippen MR) is 154 cm³/mol. The van der Waals surface area contributed by atoms with Crippen LogP contribution >= 0.6 is 0 Å². The van der Waals surface area contributed by atoms with Crippen molar-refractivity contribution in [2.45, 2.75) is 77.3 Å². The highest BCUT2D eigenvalue weighted by Gasteiger charge is 2.42. The number of aryl methyl sites for hydroxylation is 1. The smallest absolute Gasteiger partial charge is 0.259 e. The number of rotatable bonds is 4. The number of amides is 3. The van der Waals surface area contributed by atoms with E-state index in [2.05, 4.69) is 27.9 Å². The van der Waals surface area contributed by atoms with Gasteiger partial charge >= 0.3 is 0 Å². The van der Waals surface area contributed by atoms with Gasteiger partial charge in [0.1, 0.15) is 17.4 Å². The number of carbonyl (C=O) groups is 3. The van der Waals surface area contributed by atoms with Crippen LogP contribution in [0.25, 0.3) is 0 Å². The van der Waals surface area contributed by atoms with Crippen molar-refractivity contribution in [2.75, 3.05) is 26.3 Å². The van der Waals surface area contributed by atoms with Gasteiger partial charge in [-0.05, 0) is 50.5 Å². The molecule has 0 unspecified atom stereocenters. The Bertz CT molecular complexity index is 1260. The quantitative estimate of drug-likeness (QED) is 0.546. The van der Waals surface area contributed by atoms with Gasteiger partial charge in [-0.15, -0.1) is 0 Å². The highest BCUT2D eigenvalue weighted by molar-refractivity contribution is 5.96. The molecule has 9 nitrogen and oxygen atoms in total. The first kappa shape index (κ1) is 29.0.